The van der Waals surface area contributed by atoms with Crippen LogP contribution in [0.3, 0.4) is 0 Å². The Morgan fingerprint density at radius 1 is 1.14 bits per heavy atom. The second-order valence-electron chi connectivity index (χ2n) is 13.2. The number of fused-ring (bicyclic) bond motifs is 3. The van der Waals surface area contributed by atoms with Gasteiger partial charge in [0.15, 0.2) is 11.9 Å². The number of benzene rings is 1. The first kappa shape index (κ1) is 29.5. The van der Waals surface area contributed by atoms with Gasteiger partial charge < -0.3 is 39.0 Å². The molecule has 10 heteroatoms. The molecule has 4 fully saturated rings. The van der Waals surface area contributed by atoms with Crippen LogP contribution in [0.4, 0.5) is 0 Å². The fraction of sp³-hybridized carbons (Fsp3) is 0.625. The minimum Gasteiger partial charge on any atom is -0.457 e. The standard InChI is InChI=1S/C32H40O10/c1-7-22-39-20-13-21-32(15-38-21,42-17(3)33)25-27(41-28(36)18-11-9-8-10-12-18)31(29(4,5)37)14-19(34)16(2)23(31)24(35)26(40-22)30(20,25)6/h7-12,19-22,24-27,34-35,37H,1,13-15H2,2-6H3/t19-,20-,21+,22-,24-,25-,26-,27-,30+,31-,32-/m0/s1. The normalized spacial score (nSPS) is 44.1. The molecule has 0 spiro atoms. The van der Waals surface area contributed by atoms with E-state index in [9.17, 15) is 24.9 Å². The molecule has 10 nitrogen and oxygen atoms in total. The summed E-state index contributed by atoms with van der Waals surface area (Å²) in [5, 5.41) is 35.8. The van der Waals surface area contributed by atoms with Crippen LogP contribution in [0.5, 0.6) is 0 Å². The summed E-state index contributed by atoms with van der Waals surface area (Å²) in [5.41, 5.74) is -4.44. The van der Waals surface area contributed by atoms with Gasteiger partial charge in [0.25, 0.3) is 0 Å². The van der Waals surface area contributed by atoms with Crippen LogP contribution in [0.1, 0.15) is 57.8 Å². The smallest absolute Gasteiger partial charge is 0.338 e. The van der Waals surface area contributed by atoms with E-state index in [-0.39, 0.29) is 18.6 Å². The van der Waals surface area contributed by atoms with Crippen LogP contribution < -0.4 is 0 Å². The minimum atomic E-state index is -1.64. The summed E-state index contributed by atoms with van der Waals surface area (Å²) >= 11 is 0. The molecule has 0 amide bonds. The van der Waals surface area contributed by atoms with E-state index < -0.39 is 82.8 Å². The largest absolute Gasteiger partial charge is 0.457 e. The van der Waals surface area contributed by atoms with Crippen molar-refractivity contribution >= 4 is 11.9 Å². The predicted octanol–water partition coefficient (Wildman–Crippen LogP) is 2.45. The van der Waals surface area contributed by atoms with Gasteiger partial charge in [-0.3, -0.25) is 4.79 Å². The maximum Gasteiger partial charge on any atom is 0.338 e. The van der Waals surface area contributed by atoms with Crippen molar-refractivity contribution in [1.82, 2.24) is 0 Å². The Bertz CT molecular complexity index is 1320. The molecular weight excluding hydrogens is 544 g/mol. The fourth-order valence-electron chi connectivity index (χ4n) is 8.84. The highest BCUT2D eigenvalue weighted by molar-refractivity contribution is 5.89. The molecule has 11 atom stereocenters. The average molecular weight is 585 g/mol. The third-order valence-electron chi connectivity index (χ3n) is 10.7. The molecule has 228 valence electrons. The quantitative estimate of drug-likeness (QED) is 0.349. The van der Waals surface area contributed by atoms with Crippen LogP contribution in [0, 0.1) is 16.7 Å². The zero-order valence-electron chi connectivity index (χ0n) is 24.6. The molecule has 0 radical (unpaired) electrons. The lowest BCUT2D eigenvalue weighted by Gasteiger charge is -2.67. The summed E-state index contributed by atoms with van der Waals surface area (Å²) in [6.45, 7) is 11.9. The maximum absolute atomic E-state index is 13.9. The first-order valence-electron chi connectivity index (χ1n) is 14.5. The van der Waals surface area contributed by atoms with Crippen LogP contribution in [0.2, 0.25) is 0 Å². The Morgan fingerprint density at radius 3 is 2.40 bits per heavy atom. The lowest BCUT2D eigenvalue weighted by Crippen LogP contribution is -2.80. The molecule has 3 aliphatic carbocycles. The minimum absolute atomic E-state index is 0.0137. The van der Waals surface area contributed by atoms with E-state index in [1.807, 2.05) is 6.92 Å². The monoisotopic (exact) mass is 584 g/mol. The van der Waals surface area contributed by atoms with Crippen molar-refractivity contribution in [2.75, 3.05) is 6.61 Å². The van der Waals surface area contributed by atoms with Crippen molar-refractivity contribution in [3.05, 3.63) is 59.7 Å². The van der Waals surface area contributed by atoms with Gasteiger partial charge in [-0.15, -0.1) is 0 Å². The van der Waals surface area contributed by atoms with Gasteiger partial charge in [0.05, 0.1) is 47.4 Å². The Balaban J connectivity index is 1.67. The first-order chi connectivity index (χ1) is 19.7. The van der Waals surface area contributed by atoms with Crippen molar-refractivity contribution in [1.29, 1.82) is 0 Å². The van der Waals surface area contributed by atoms with Crippen molar-refractivity contribution in [2.45, 2.75) is 102 Å². The lowest BCUT2D eigenvalue weighted by atomic mass is 9.49. The van der Waals surface area contributed by atoms with Crippen LogP contribution in [-0.4, -0.2) is 88.0 Å². The number of ether oxygens (including phenoxy) is 5. The fourth-order valence-corrected chi connectivity index (χ4v) is 8.84. The molecule has 0 bridgehead atoms. The molecule has 42 heavy (non-hydrogen) atoms. The summed E-state index contributed by atoms with van der Waals surface area (Å²) in [4.78, 5) is 26.6. The Kier molecular flexibility index (Phi) is 6.81. The predicted molar refractivity (Wildman–Crippen MR) is 148 cm³/mol. The second kappa shape index (κ2) is 9.70. The molecule has 3 N–H and O–H groups in total. The molecular formula is C32H40O10. The average Bonchev–Trinajstić information content (AvgIpc) is 3.17. The summed E-state index contributed by atoms with van der Waals surface area (Å²) in [7, 11) is 0. The van der Waals surface area contributed by atoms with Gasteiger partial charge in [-0.05, 0) is 56.5 Å². The van der Waals surface area contributed by atoms with Gasteiger partial charge in [0.2, 0.25) is 0 Å². The van der Waals surface area contributed by atoms with Gasteiger partial charge >= 0.3 is 11.9 Å². The van der Waals surface area contributed by atoms with Gasteiger partial charge in [0, 0.05) is 18.8 Å². The molecule has 2 saturated heterocycles. The van der Waals surface area contributed by atoms with E-state index in [1.54, 1.807) is 51.1 Å². The van der Waals surface area contributed by atoms with Crippen LogP contribution in [-0.2, 0) is 28.5 Å². The van der Waals surface area contributed by atoms with Gasteiger partial charge in [-0.25, -0.2) is 4.79 Å². The molecule has 2 saturated carbocycles. The van der Waals surface area contributed by atoms with Crippen LogP contribution in [0.25, 0.3) is 0 Å². The number of carbonyl (C=O) groups excluding carboxylic acids is 2. The van der Waals surface area contributed by atoms with Gasteiger partial charge in [-0.2, -0.15) is 0 Å². The molecule has 1 aromatic rings. The van der Waals surface area contributed by atoms with E-state index in [1.165, 1.54) is 13.0 Å². The molecule has 2 heterocycles. The number of aliphatic hydroxyl groups excluding tert-OH is 2. The Morgan fingerprint density at radius 2 is 1.83 bits per heavy atom. The zero-order valence-corrected chi connectivity index (χ0v) is 24.6. The van der Waals surface area contributed by atoms with Crippen LogP contribution in [0.15, 0.2) is 54.1 Å². The lowest BCUT2D eigenvalue weighted by molar-refractivity contribution is -0.392. The van der Waals surface area contributed by atoms with E-state index in [2.05, 4.69) is 6.58 Å². The van der Waals surface area contributed by atoms with E-state index >= 15 is 0 Å². The molecule has 1 aromatic carbocycles. The molecule has 6 rings (SSSR count). The number of esters is 2. The highest BCUT2D eigenvalue weighted by atomic mass is 16.7. The molecule has 0 aromatic heterocycles. The van der Waals surface area contributed by atoms with Crippen molar-refractivity contribution in [3.63, 3.8) is 0 Å². The number of hydrogen-bond acceptors (Lipinski definition) is 10. The van der Waals surface area contributed by atoms with Crippen LogP contribution >= 0.6 is 0 Å². The number of carbonyl (C=O) groups is 2. The van der Waals surface area contributed by atoms with Gasteiger partial charge in [-0.1, -0.05) is 31.7 Å². The summed E-state index contributed by atoms with van der Waals surface area (Å²) in [6, 6.07) is 8.48. The van der Waals surface area contributed by atoms with Crippen molar-refractivity contribution < 1.29 is 48.6 Å². The summed E-state index contributed by atoms with van der Waals surface area (Å²) < 4.78 is 31.5. The zero-order chi connectivity index (χ0) is 30.4. The topological polar surface area (TPSA) is 141 Å². The number of aliphatic hydroxyl groups is 3. The SMILES string of the molecule is C=C[C@H]1O[C@H]2C[C@H]3OC[C@@]3(OC(C)=O)[C@H]3[C@H](OC(=O)c4ccccc4)[C@]4(C(C)(C)O)C[C@H](O)C(C)=C4[C@H](O)[C@H](O1)[C@]23C. The first-order valence-corrected chi connectivity index (χ1v) is 14.5. The van der Waals surface area contributed by atoms with Gasteiger partial charge in [0.1, 0.15) is 18.3 Å². The molecule has 0 unspecified atom stereocenters. The van der Waals surface area contributed by atoms with E-state index in [4.69, 9.17) is 23.7 Å². The molecule has 2 aliphatic heterocycles. The third-order valence-corrected chi connectivity index (χ3v) is 10.7. The summed E-state index contributed by atoms with van der Waals surface area (Å²) in [6.07, 6.45) is -4.83. The third kappa shape index (κ3) is 3.79. The summed E-state index contributed by atoms with van der Waals surface area (Å²) in [5.74, 6) is -2.08. The highest BCUT2D eigenvalue weighted by Gasteiger charge is 2.80. The van der Waals surface area contributed by atoms with Crippen molar-refractivity contribution in [2.24, 2.45) is 16.7 Å². The second-order valence-corrected chi connectivity index (χ2v) is 13.2. The Labute approximate surface area is 245 Å². The maximum atomic E-state index is 13.9. The number of hydrogen-bond donors (Lipinski definition) is 3. The van der Waals surface area contributed by atoms with E-state index in [0.717, 1.165) is 0 Å². The van der Waals surface area contributed by atoms with Crippen molar-refractivity contribution in [3.8, 4) is 0 Å². The number of rotatable bonds is 5. The Hall–Kier alpha value is -2.60. The van der Waals surface area contributed by atoms with E-state index in [0.29, 0.717) is 17.6 Å². The highest BCUT2D eigenvalue weighted by Crippen LogP contribution is 2.69. The molecule has 5 aliphatic rings.